The summed E-state index contributed by atoms with van der Waals surface area (Å²) in [6.45, 7) is 4.30. The number of anilines is 2. The van der Waals surface area contributed by atoms with E-state index in [-0.39, 0.29) is 5.02 Å². The monoisotopic (exact) mass is 434 g/mol. The molecule has 0 unspecified atom stereocenters. The van der Waals surface area contributed by atoms with Gasteiger partial charge in [-0.25, -0.2) is 14.4 Å². The third kappa shape index (κ3) is 4.19. The van der Waals surface area contributed by atoms with Gasteiger partial charge < -0.3 is 9.62 Å². The Labute approximate surface area is 177 Å². The van der Waals surface area contributed by atoms with Crippen molar-refractivity contribution >= 4 is 46.8 Å². The smallest absolute Gasteiger partial charge is 0.136 e. The molecule has 0 saturated carbocycles. The molecule has 1 fully saturated rings. The highest BCUT2D eigenvalue weighted by atomic mass is 35.5. The van der Waals surface area contributed by atoms with Crippen molar-refractivity contribution in [3.63, 3.8) is 0 Å². The van der Waals surface area contributed by atoms with Gasteiger partial charge >= 0.3 is 0 Å². The van der Waals surface area contributed by atoms with Crippen LogP contribution >= 0.6 is 35.1 Å². The highest BCUT2D eigenvalue weighted by Gasteiger charge is 2.23. The standard InChI is InChI=1S/C20H17Cl2FN4S/c1-12-10-27(11-12)18-3-2-4-19(25-18)28-26-17-8-7-15(21)20(24-17)14-6-5-13(23)9-16(14)22/h2-9,12H,10-11H2,1H3,(H,24,26). The number of nitrogens with zero attached hydrogens (tertiary/aromatic N) is 3. The predicted octanol–water partition coefficient (Wildman–Crippen LogP) is 6.16. The Balaban J connectivity index is 1.51. The molecule has 4 nitrogen and oxygen atoms in total. The number of hydrogen-bond donors (Lipinski definition) is 1. The maximum Gasteiger partial charge on any atom is 0.136 e. The number of halogens is 3. The van der Waals surface area contributed by atoms with Crippen molar-refractivity contribution in [2.24, 2.45) is 5.92 Å². The Kier molecular flexibility index (Phi) is 5.62. The van der Waals surface area contributed by atoms with Crippen LogP contribution < -0.4 is 9.62 Å². The molecule has 2 aromatic heterocycles. The fourth-order valence-electron chi connectivity index (χ4n) is 3.00. The average molecular weight is 435 g/mol. The number of aromatic nitrogens is 2. The Morgan fingerprint density at radius 1 is 1.07 bits per heavy atom. The van der Waals surface area contributed by atoms with Crippen molar-refractivity contribution < 1.29 is 4.39 Å². The van der Waals surface area contributed by atoms with Crippen molar-refractivity contribution in [1.82, 2.24) is 9.97 Å². The minimum atomic E-state index is -0.405. The number of rotatable bonds is 5. The van der Waals surface area contributed by atoms with E-state index in [1.165, 1.54) is 24.1 Å². The Bertz CT molecular complexity index is 1010. The first-order chi connectivity index (χ1) is 13.5. The summed E-state index contributed by atoms with van der Waals surface area (Å²) in [4.78, 5) is 11.5. The van der Waals surface area contributed by atoms with Crippen LogP contribution in [0.2, 0.25) is 10.0 Å². The van der Waals surface area contributed by atoms with Crippen LogP contribution in [0, 0.1) is 11.7 Å². The molecule has 3 aromatic rings. The van der Waals surface area contributed by atoms with E-state index in [1.54, 1.807) is 18.2 Å². The van der Waals surface area contributed by atoms with Crippen molar-refractivity contribution in [3.8, 4) is 11.3 Å². The van der Waals surface area contributed by atoms with Gasteiger partial charge in [0.2, 0.25) is 0 Å². The largest absolute Gasteiger partial charge is 0.356 e. The molecule has 1 aromatic carbocycles. The van der Waals surface area contributed by atoms with Crippen molar-refractivity contribution in [3.05, 3.63) is 64.4 Å². The first-order valence-electron chi connectivity index (χ1n) is 8.76. The van der Waals surface area contributed by atoms with E-state index in [4.69, 9.17) is 23.2 Å². The lowest BCUT2D eigenvalue weighted by Crippen LogP contribution is -2.45. The maximum absolute atomic E-state index is 13.3. The van der Waals surface area contributed by atoms with E-state index in [0.717, 1.165) is 23.9 Å². The summed E-state index contributed by atoms with van der Waals surface area (Å²) in [7, 11) is 0. The fraction of sp³-hybridized carbons (Fsp3) is 0.200. The van der Waals surface area contributed by atoms with Gasteiger partial charge in [-0.2, -0.15) is 0 Å². The lowest BCUT2D eigenvalue weighted by Gasteiger charge is -2.38. The van der Waals surface area contributed by atoms with E-state index < -0.39 is 5.82 Å². The van der Waals surface area contributed by atoms with Gasteiger partial charge in [0.25, 0.3) is 0 Å². The summed E-state index contributed by atoms with van der Waals surface area (Å²) < 4.78 is 16.5. The third-order valence-corrected chi connectivity index (χ3v) is 5.75. The first-order valence-corrected chi connectivity index (χ1v) is 10.3. The van der Waals surface area contributed by atoms with Crippen LogP contribution in [0.25, 0.3) is 11.3 Å². The Hall–Kier alpha value is -2.02. The summed E-state index contributed by atoms with van der Waals surface area (Å²) in [6, 6.07) is 13.6. The van der Waals surface area contributed by atoms with Gasteiger partial charge in [0.05, 0.1) is 15.7 Å². The van der Waals surface area contributed by atoms with Crippen molar-refractivity contribution in [2.75, 3.05) is 22.7 Å². The molecule has 4 rings (SSSR count). The molecule has 0 amide bonds. The molecule has 1 saturated heterocycles. The molecule has 8 heteroatoms. The van der Waals surface area contributed by atoms with Crippen LogP contribution in [0.3, 0.4) is 0 Å². The second kappa shape index (κ2) is 8.15. The van der Waals surface area contributed by atoms with Crippen LogP contribution in [0.1, 0.15) is 6.92 Å². The molecule has 1 N–H and O–H groups in total. The molecule has 3 heterocycles. The normalized spacial score (nSPS) is 14.1. The molecular weight excluding hydrogens is 418 g/mol. The van der Waals surface area contributed by atoms with E-state index >= 15 is 0 Å². The maximum atomic E-state index is 13.3. The molecular formula is C20H17Cl2FN4S. The molecule has 0 bridgehead atoms. The molecule has 28 heavy (non-hydrogen) atoms. The highest BCUT2D eigenvalue weighted by Crippen LogP contribution is 2.34. The molecule has 144 valence electrons. The van der Waals surface area contributed by atoms with Gasteiger partial charge in [0.1, 0.15) is 22.5 Å². The SMILES string of the molecule is CC1CN(c2cccc(SNc3ccc(Cl)c(-c4ccc(F)cc4Cl)n3)n2)C1. The van der Waals surface area contributed by atoms with Crippen LogP contribution in [0.4, 0.5) is 16.0 Å². The van der Waals surface area contributed by atoms with Crippen LogP contribution in [0.15, 0.2) is 53.6 Å². The van der Waals surface area contributed by atoms with Gasteiger partial charge in [-0.3, -0.25) is 0 Å². The first kappa shape index (κ1) is 19.3. The molecule has 0 aliphatic carbocycles. The molecule has 0 spiro atoms. The second-order valence-electron chi connectivity index (χ2n) is 6.70. The van der Waals surface area contributed by atoms with Gasteiger partial charge in [-0.1, -0.05) is 36.2 Å². The van der Waals surface area contributed by atoms with Crippen molar-refractivity contribution in [2.45, 2.75) is 11.9 Å². The van der Waals surface area contributed by atoms with E-state index in [1.807, 2.05) is 18.2 Å². The quantitative estimate of drug-likeness (QED) is 0.486. The number of nitrogens with one attached hydrogen (secondary N) is 1. The minimum absolute atomic E-state index is 0.261. The third-order valence-electron chi connectivity index (χ3n) is 4.39. The lowest BCUT2D eigenvalue weighted by atomic mass is 10.0. The van der Waals surface area contributed by atoms with Crippen LogP contribution in [-0.4, -0.2) is 23.1 Å². The second-order valence-corrected chi connectivity index (χ2v) is 8.34. The zero-order chi connectivity index (χ0) is 19.7. The summed E-state index contributed by atoms with van der Waals surface area (Å²) in [5, 5.41) is 1.54. The highest BCUT2D eigenvalue weighted by molar-refractivity contribution is 8.00. The van der Waals surface area contributed by atoms with Gasteiger partial charge in [0, 0.05) is 30.6 Å². The lowest BCUT2D eigenvalue weighted by molar-refractivity contribution is 0.442. The van der Waals surface area contributed by atoms with E-state index in [0.29, 0.717) is 28.0 Å². The Morgan fingerprint density at radius 2 is 1.89 bits per heavy atom. The summed E-state index contributed by atoms with van der Waals surface area (Å²) >= 11 is 13.8. The number of benzene rings is 1. The van der Waals surface area contributed by atoms with Gasteiger partial charge in [-0.15, -0.1) is 0 Å². The van der Waals surface area contributed by atoms with Gasteiger partial charge in [0.15, 0.2) is 0 Å². The summed E-state index contributed by atoms with van der Waals surface area (Å²) in [5.74, 6) is 1.89. The Morgan fingerprint density at radius 3 is 2.64 bits per heavy atom. The summed E-state index contributed by atoms with van der Waals surface area (Å²) in [5.41, 5.74) is 1.07. The van der Waals surface area contributed by atoms with E-state index in [2.05, 4.69) is 26.5 Å². The zero-order valence-corrected chi connectivity index (χ0v) is 17.3. The topological polar surface area (TPSA) is 41.0 Å². The van der Waals surface area contributed by atoms with Gasteiger partial charge in [-0.05, 0) is 48.4 Å². The summed E-state index contributed by atoms with van der Waals surface area (Å²) in [6.07, 6.45) is 0. The predicted molar refractivity (Wildman–Crippen MR) is 115 cm³/mol. The average Bonchev–Trinajstić information content (AvgIpc) is 2.65. The molecule has 0 atom stereocenters. The molecule has 0 radical (unpaired) electrons. The number of hydrogen-bond acceptors (Lipinski definition) is 5. The fourth-order valence-corrected chi connectivity index (χ4v) is 4.07. The minimum Gasteiger partial charge on any atom is -0.356 e. The number of pyridine rings is 2. The molecule has 1 aliphatic heterocycles. The van der Waals surface area contributed by atoms with E-state index in [9.17, 15) is 4.39 Å². The zero-order valence-electron chi connectivity index (χ0n) is 15.0. The molecule has 1 aliphatic rings. The van der Waals surface area contributed by atoms with Crippen LogP contribution in [0.5, 0.6) is 0 Å². The van der Waals surface area contributed by atoms with Crippen molar-refractivity contribution in [1.29, 1.82) is 0 Å². The van der Waals surface area contributed by atoms with Crippen LogP contribution in [-0.2, 0) is 0 Å².